The lowest BCUT2D eigenvalue weighted by atomic mass is 9.99. The van der Waals surface area contributed by atoms with Crippen LogP contribution in [0.25, 0.3) is 0 Å². The number of carbonyl (C=O) groups is 1. The van der Waals surface area contributed by atoms with Crippen LogP contribution in [-0.2, 0) is 6.54 Å². The molecule has 1 atom stereocenters. The number of hydrogen-bond donors (Lipinski definition) is 1. The lowest BCUT2D eigenvalue weighted by Crippen LogP contribution is -2.43. The molecule has 1 amide bonds. The summed E-state index contributed by atoms with van der Waals surface area (Å²) in [5.74, 6) is 2.06. The molecule has 2 aromatic rings. The van der Waals surface area contributed by atoms with Gasteiger partial charge in [0.1, 0.15) is 23.1 Å². The second-order valence-electron chi connectivity index (χ2n) is 6.17. The first-order valence-electron chi connectivity index (χ1n) is 8.60. The summed E-state index contributed by atoms with van der Waals surface area (Å²) < 4.78 is 5.31. The molecule has 6 nitrogen and oxygen atoms in total. The number of hydrogen-bond acceptors (Lipinski definition) is 5. The lowest BCUT2D eigenvalue weighted by Gasteiger charge is -2.35. The number of nitrogens with one attached hydrogen (secondary N) is 1. The summed E-state index contributed by atoms with van der Waals surface area (Å²) >= 11 is 0. The van der Waals surface area contributed by atoms with Crippen molar-refractivity contribution < 1.29 is 9.21 Å². The molecular weight excluding hydrogens is 304 g/mol. The number of carbonyl (C=O) groups excluding carboxylic acids is 1. The highest BCUT2D eigenvalue weighted by Crippen LogP contribution is 2.22. The SMILES string of the molecule is CCC1CCCCN1C(=O)c1cc(NCc2ccco2)nc(C)n1. The average molecular weight is 328 g/mol. The van der Waals surface area contributed by atoms with E-state index in [0.29, 0.717) is 29.9 Å². The van der Waals surface area contributed by atoms with Gasteiger partial charge < -0.3 is 14.6 Å². The van der Waals surface area contributed by atoms with Crippen LogP contribution in [0.4, 0.5) is 5.82 Å². The van der Waals surface area contributed by atoms with Gasteiger partial charge >= 0.3 is 0 Å². The van der Waals surface area contributed by atoms with Gasteiger partial charge in [-0.05, 0) is 44.7 Å². The van der Waals surface area contributed by atoms with Crippen molar-refractivity contribution in [1.29, 1.82) is 0 Å². The van der Waals surface area contributed by atoms with Crippen molar-refractivity contribution >= 4 is 11.7 Å². The molecule has 24 heavy (non-hydrogen) atoms. The minimum atomic E-state index is 0.00750. The highest BCUT2D eigenvalue weighted by molar-refractivity contribution is 5.93. The number of amides is 1. The number of rotatable bonds is 5. The van der Waals surface area contributed by atoms with Crippen LogP contribution in [0.3, 0.4) is 0 Å². The highest BCUT2D eigenvalue weighted by Gasteiger charge is 2.27. The Hall–Kier alpha value is -2.37. The van der Waals surface area contributed by atoms with Crippen LogP contribution in [0.1, 0.15) is 54.7 Å². The van der Waals surface area contributed by atoms with Crippen LogP contribution < -0.4 is 5.32 Å². The zero-order chi connectivity index (χ0) is 16.9. The maximum Gasteiger partial charge on any atom is 0.272 e. The minimum Gasteiger partial charge on any atom is -0.467 e. The van der Waals surface area contributed by atoms with Crippen LogP contribution in [-0.4, -0.2) is 33.4 Å². The maximum atomic E-state index is 12.9. The van der Waals surface area contributed by atoms with Gasteiger partial charge in [-0.3, -0.25) is 4.79 Å². The number of aromatic nitrogens is 2. The maximum absolute atomic E-state index is 12.9. The molecule has 2 aromatic heterocycles. The van der Waals surface area contributed by atoms with Crippen molar-refractivity contribution in [2.75, 3.05) is 11.9 Å². The third kappa shape index (κ3) is 3.75. The molecule has 1 aliphatic heterocycles. The van der Waals surface area contributed by atoms with E-state index in [-0.39, 0.29) is 5.91 Å². The third-order valence-corrected chi connectivity index (χ3v) is 4.44. The van der Waals surface area contributed by atoms with Gasteiger partial charge in [-0.15, -0.1) is 0 Å². The van der Waals surface area contributed by atoms with E-state index in [4.69, 9.17) is 4.42 Å². The molecule has 3 rings (SSSR count). The Balaban J connectivity index is 1.75. The fourth-order valence-corrected chi connectivity index (χ4v) is 3.20. The number of furan rings is 1. The molecule has 6 heteroatoms. The van der Waals surface area contributed by atoms with E-state index in [1.165, 1.54) is 6.42 Å². The summed E-state index contributed by atoms with van der Waals surface area (Å²) in [7, 11) is 0. The van der Waals surface area contributed by atoms with E-state index in [2.05, 4.69) is 22.2 Å². The fourth-order valence-electron chi connectivity index (χ4n) is 3.20. The summed E-state index contributed by atoms with van der Waals surface area (Å²) in [6, 6.07) is 5.80. The van der Waals surface area contributed by atoms with Crippen molar-refractivity contribution in [1.82, 2.24) is 14.9 Å². The largest absolute Gasteiger partial charge is 0.467 e. The predicted molar refractivity (Wildman–Crippen MR) is 91.8 cm³/mol. The van der Waals surface area contributed by atoms with Crippen LogP contribution in [0.2, 0.25) is 0 Å². The Bertz CT molecular complexity index is 684. The molecule has 0 radical (unpaired) electrons. The minimum absolute atomic E-state index is 0.00750. The molecule has 0 aliphatic carbocycles. The van der Waals surface area contributed by atoms with E-state index < -0.39 is 0 Å². The highest BCUT2D eigenvalue weighted by atomic mass is 16.3. The van der Waals surface area contributed by atoms with Crippen LogP contribution in [0, 0.1) is 6.92 Å². The van der Waals surface area contributed by atoms with E-state index >= 15 is 0 Å². The summed E-state index contributed by atoms with van der Waals surface area (Å²) in [4.78, 5) is 23.6. The molecule has 1 fully saturated rings. The van der Waals surface area contributed by atoms with E-state index in [1.54, 1.807) is 12.3 Å². The third-order valence-electron chi connectivity index (χ3n) is 4.44. The first kappa shape index (κ1) is 16.5. The Morgan fingerprint density at radius 1 is 1.42 bits per heavy atom. The van der Waals surface area contributed by atoms with E-state index in [0.717, 1.165) is 31.6 Å². The zero-order valence-electron chi connectivity index (χ0n) is 14.3. The first-order valence-corrected chi connectivity index (χ1v) is 8.60. The van der Waals surface area contributed by atoms with Gasteiger partial charge in [-0.2, -0.15) is 0 Å². The number of aryl methyl sites for hydroxylation is 1. The van der Waals surface area contributed by atoms with Crippen LogP contribution in [0.5, 0.6) is 0 Å². The number of piperidine rings is 1. The Morgan fingerprint density at radius 3 is 3.04 bits per heavy atom. The predicted octanol–water partition coefficient (Wildman–Crippen LogP) is 3.39. The van der Waals surface area contributed by atoms with Crippen molar-refractivity contribution in [2.24, 2.45) is 0 Å². The lowest BCUT2D eigenvalue weighted by molar-refractivity contribution is 0.0601. The summed E-state index contributed by atoms with van der Waals surface area (Å²) in [6.45, 7) is 5.29. The molecule has 0 bridgehead atoms. The molecule has 1 N–H and O–H groups in total. The van der Waals surface area contributed by atoms with Gasteiger partial charge in [0.2, 0.25) is 0 Å². The van der Waals surface area contributed by atoms with Crippen LogP contribution in [0.15, 0.2) is 28.9 Å². The Kier molecular flexibility index (Phi) is 5.13. The molecule has 3 heterocycles. The van der Waals surface area contributed by atoms with Crippen molar-refractivity contribution in [2.45, 2.75) is 52.1 Å². The average Bonchev–Trinajstić information content (AvgIpc) is 3.12. The Labute approximate surface area is 142 Å². The quantitative estimate of drug-likeness (QED) is 0.911. The van der Waals surface area contributed by atoms with Crippen molar-refractivity contribution in [3.63, 3.8) is 0 Å². The Morgan fingerprint density at radius 2 is 2.29 bits per heavy atom. The molecule has 1 unspecified atom stereocenters. The molecule has 128 valence electrons. The fraction of sp³-hybridized carbons (Fsp3) is 0.500. The smallest absolute Gasteiger partial charge is 0.272 e. The monoisotopic (exact) mass is 328 g/mol. The molecule has 1 saturated heterocycles. The second-order valence-corrected chi connectivity index (χ2v) is 6.17. The van der Waals surface area contributed by atoms with E-state index in [9.17, 15) is 4.79 Å². The van der Waals surface area contributed by atoms with Crippen molar-refractivity contribution in [3.8, 4) is 0 Å². The molecule has 0 aromatic carbocycles. The molecule has 1 aliphatic rings. The molecule has 0 saturated carbocycles. The second kappa shape index (κ2) is 7.47. The normalized spacial score (nSPS) is 17.8. The van der Waals surface area contributed by atoms with Gasteiger partial charge in [0, 0.05) is 18.7 Å². The zero-order valence-corrected chi connectivity index (χ0v) is 14.3. The van der Waals surface area contributed by atoms with Gasteiger partial charge in [0.15, 0.2) is 0 Å². The topological polar surface area (TPSA) is 71.3 Å². The number of nitrogens with zero attached hydrogens (tertiary/aromatic N) is 3. The summed E-state index contributed by atoms with van der Waals surface area (Å²) in [5.41, 5.74) is 0.463. The first-order chi connectivity index (χ1) is 11.7. The summed E-state index contributed by atoms with van der Waals surface area (Å²) in [5, 5.41) is 3.20. The number of anilines is 1. The van der Waals surface area contributed by atoms with Crippen molar-refractivity contribution in [3.05, 3.63) is 41.7 Å². The van der Waals surface area contributed by atoms with Gasteiger partial charge in [-0.25, -0.2) is 9.97 Å². The van der Waals surface area contributed by atoms with E-state index in [1.807, 2.05) is 24.0 Å². The molecular formula is C18H24N4O2. The molecule has 0 spiro atoms. The van der Waals surface area contributed by atoms with Gasteiger partial charge in [0.05, 0.1) is 12.8 Å². The van der Waals surface area contributed by atoms with Gasteiger partial charge in [0.25, 0.3) is 5.91 Å². The van der Waals surface area contributed by atoms with Gasteiger partial charge in [-0.1, -0.05) is 6.92 Å². The standard InChI is InChI=1S/C18H24N4O2/c1-3-14-7-4-5-9-22(14)18(23)16-11-17(21-13(2)20-16)19-12-15-8-6-10-24-15/h6,8,10-11,14H,3-5,7,9,12H2,1-2H3,(H,19,20,21). The number of likely N-dealkylation sites (tertiary alicyclic amines) is 1. The summed E-state index contributed by atoms with van der Waals surface area (Å²) in [6.07, 6.45) is 5.96. The van der Waals surface area contributed by atoms with Crippen LogP contribution >= 0.6 is 0 Å².